The van der Waals surface area contributed by atoms with Crippen LogP contribution in [0.25, 0.3) is 0 Å². The van der Waals surface area contributed by atoms with E-state index >= 15 is 0 Å². The van der Waals surface area contributed by atoms with E-state index in [9.17, 15) is 10.1 Å². The van der Waals surface area contributed by atoms with Gasteiger partial charge in [-0.1, -0.05) is 27.5 Å². The lowest BCUT2D eigenvalue weighted by Crippen LogP contribution is -2.05. The zero-order chi connectivity index (χ0) is 14.7. The lowest BCUT2D eigenvalue weighted by molar-refractivity contribution is -0.383. The second-order valence-corrected chi connectivity index (χ2v) is 5.00. The van der Waals surface area contributed by atoms with E-state index in [-0.39, 0.29) is 17.3 Å². The molecule has 0 atom stereocenters. The number of anilines is 3. The molecule has 2 N–H and O–H groups in total. The number of hydrogen-bond acceptors (Lipinski definition) is 6. The Kier molecular flexibility index (Phi) is 4.35. The number of hydrogen-bond donors (Lipinski definition) is 2. The third-order valence-electron chi connectivity index (χ3n) is 2.43. The van der Waals surface area contributed by atoms with Crippen LogP contribution in [-0.2, 0) is 0 Å². The topological polar surface area (TPSA) is 93.0 Å². The predicted octanol–water partition coefficient (Wildman–Crippen LogP) is 3.59. The average Bonchev–Trinajstić information content (AvgIpc) is 2.41. The predicted molar refractivity (Wildman–Crippen MR) is 80.7 cm³/mol. The SMILES string of the molecule is CNc1ncnc(Nc2ccc(Br)cc2Cl)c1[N+](=O)[O-]. The first-order valence-electron chi connectivity index (χ1n) is 5.42. The number of halogens is 2. The molecular formula is C11H9BrClN5O2. The summed E-state index contributed by atoms with van der Waals surface area (Å²) in [5.41, 5.74) is 0.271. The summed E-state index contributed by atoms with van der Waals surface area (Å²) in [6, 6.07) is 5.13. The Morgan fingerprint density at radius 1 is 1.35 bits per heavy atom. The summed E-state index contributed by atoms with van der Waals surface area (Å²) in [6.45, 7) is 0. The van der Waals surface area contributed by atoms with Gasteiger partial charge in [-0.2, -0.15) is 0 Å². The van der Waals surface area contributed by atoms with Crippen molar-refractivity contribution in [1.29, 1.82) is 0 Å². The Balaban J connectivity index is 2.45. The number of benzene rings is 1. The minimum Gasteiger partial charge on any atom is -0.367 e. The second kappa shape index (κ2) is 6.02. The van der Waals surface area contributed by atoms with Gasteiger partial charge >= 0.3 is 5.69 Å². The van der Waals surface area contributed by atoms with E-state index in [1.54, 1.807) is 25.2 Å². The summed E-state index contributed by atoms with van der Waals surface area (Å²) in [5.74, 6) is 0.194. The Morgan fingerprint density at radius 2 is 2.05 bits per heavy atom. The van der Waals surface area contributed by atoms with Crippen molar-refractivity contribution in [2.75, 3.05) is 17.7 Å². The molecule has 0 amide bonds. The fourth-order valence-corrected chi connectivity index (χ4v) is 2.27. The molecular weight excluding hydrogens is 350 g/mol. The molecule has 0 bridgehead atoms. The molecule has 0 spiro atoms. The van der Waals surface area contributed by atoms with Gasteiger partial charge in [0.25, 0.3) is 0 Å². The molecule has 20 heavy (non-hydrogen) atoms. The van der Waals surface area contributed by atoms with Crippen molar-refractivity contribution in [3.05, 3.63) is 44.1 Å². The maximum Gasteiger partial charge on any atom is 0.353 e. The van der Waals surface area contributed by atoms with E-state index in [1.807, 2.05) is 0 Å². The first kappa shape index (κ1) is 14.5. The molecule has 0 radical (unpaired) electrons. The van der Waals surface area contributed by atoms with Crippen LogP contribution < -0.4 is 10.6 Å². The van der Waals surface area contributed by atoms with Gasteiger partial charge in [0.2, 0.25) is 11.6 Å². The highest BCUT2D eigenvalue weighted by molar-refractivity contribution is 9.10. The molecule has 2 rings (SSSR count). The first-order valence-corrected chi connectivity index (χ1v) is 6.59. The summed E-state index contributed by atoms with van der Waals surface area (Å²) < 4.78 is 0.807. The molecule has 0 aliphatic heterocycles. The van der Waals surface area contributed by atoms with Crippen molar-refractivity contribution in [2.24, 2.45) is 0 Å². The fourth-order valence-electron chi connectivity index (χ4n) is 1.54. The maximum absolute atomic E-state index is 11.1. The van der Waals surface area contributed by atoms with Gasteiger partial charge in [-0.05, 0) is 18.2 Å². The molecule has 7 nitrogen and oxygen atoms in total. The third-order valence-corrected chi connectivity index (χ3v) is 3.23. The van der Waals surface area contributed by atoms with Gasteiger partial charge in [0.1, 0.15) is 6.33 Å². The zero-order valence-electron chi connectivity index (χ0n) is 10.2. The van der Waals surface area contributed by atoms with Crippen LogP contribution in [0.2, 0.25) is 5.02 Å². The smallest absolute Gasteiger partial charge is 0.353 e. The summed E-state index contributed by atoms with van der Waals surface area (Å²) in [7, 11) is 1.55. The quantitative estimate of drug-likeness (QED) is 0.641. The molecule has 0 aliphatic rings. The van der Waals surface area contributed by atoms with Crippen LogP contribution in [0.15, 0.2) is 29.0 Å². The number of nitro groups is 1. The maximum atomic E-state index is 11.1. The molecule has 2 aromatic rings. The van der Waals surface area contributed by atoms with E-state index in [2.05, 4.69) is 36.5 Å². The van der Waals surface area contributed by atoms with Gasteiger partial charge in [-0.15, -0.1) is 0 Å². The van der Waals surface area contributed by atoms with Crippen LogP contribution in [0, 0.1) is 10.1 Å². The van der Waals surface area contributed by atoms with Gasteiger partial charge in [0, 0.05) is 11.5 Å². The Hall–Kier alpha value is -1.93. The average molecular weight is 359 g/mol. The molecule has 0 saturated heterocycles. The summed E-state index contributed by atoms with van der Waals surface area (Å²) in [4.78, 5) is 18.3. The van der Waals surface area contributed by atoms with Gasteiger partial charge in [-0.3, -0.25) is 10.1 Å². The zero-order valence-corrected chi connectivity index (χ0v) is 12.6. The van der Waals surface area contributed by atoms with Crippen molar-refractivity contribution < 1.29 is 4.92 Å². The molecule has 1 aromatic carbocycles. The van der Waals surface area contributed by atoms with E-state index in [4.69, 9.17) is 11.6 Å². The highest BCUT2D eigenvalue weighted by atomic mass is 79.9. The molecule has 0 unspecified atom stereocenters. The highest BCUT2D eigenvalue weighted by Gasteiger charge is 2.22. The number of nitrogens with zero attached hydrogens (tertiary/aromatic N) is 3. The van der Waals surface area contributed by atoms with Crippen LogP contribution in [0.3, 0.4) is 0 Å². The van der Waals surface area contributed by atoms with Crippen LogP contribution in [0.1, 0.15) is 0 Å². The lowest BCUT2D eigenvalue weighted by Gasteiger charge is -2.09. The van der Waals surface area contributed by atoms with Gasteiger partial charge in [-0.25, -0.2) is 9.97 Å². The second-order valence-electron chi connectivity index (χ2n) is 3.68. The summed E-state index contributed by atoms with van der Waals surface area (Å²) >= 11 is 9.35. The van der Waals surface area contributed by atoms with E-state index < -0.39 is 4.92 Å². The standard InChI is InChI=1S/C11H9BrClN5O2/c1-14-10-9(18(19)20)11(16-5-15-10)17-8-3-2-6(12)4-7(8)13/h2-5H,1H3,(H2,14,15,16,17). The van der Waals surface area contributed by atoms with Crippen molar-refractivity contribution in [1.82, 2.24) is 9.97 Å². The summed E-state index contributed by atoms with van der Waals surface area (Å²) in [6.07, 6.45) is 1.23. The Labute approximate surface area is 127 Å². The molecule has 1 aromatic heterocycles. The molecule has 9 heteroatoms. The van der Waals surface area contributed by atoms with Crippen molar-refractivity contribution >= 4 is 50.5 Å². The van der Waals surface area contributed by atoms with E-state index in [0.717, 1.165) is 4.47 Å². The molecule has 1 heterocycles. The van der Waals surface area contributed by atoms with E-state index in [1.165, 1.54) is 6.33 Å². The van der Waals surface area contributed by atoms with Crippen LogP contribution in [-0.4, -0.2) is 21.9 Å². The molecule has 0 aliphatic carbocycles. The van der Waals surface area contributed by atoms with Crippen molar-refractivity contribution in [3.8, 4) is 0 Å². The van der Waals surface area contributed by atoms with Crippen LogP contribution in [0.5, 0.6) is 0 Å². The van der Waals surface area contributed by atoms with Crippen LogP contribution >= 0.6 is 27.5 Å². The number of aromatic nitrogens is 2. The number of rotatable bonds is 4. The third kappa shape index (κ3) is 2.97. The molecule has 0 saturated carbocycles. The molecule has 104 valence electrons. The van der Waals surface area contributed by atoms with Gasteiger partial charge < -0.3 is 10.6 Å². The Morgan fingerprint density at radius 3 is 2.65 bits per heavy atom. The van der Waals surface area contributed by atoms with Gasteiger partial charge in [0.05, 0.1) is 15.6 Å². The normalized spacial score (nSPS) is 10.2. The largest absolute Gasteiger partial charge is 0.367 e. The highest BCUT2D eigenvalue weighted by Crippen LogP contribution is 2.33. The van der Waals surface area contributed by atoms with Crippen LogP contribution in [0.4, 0.5) is 23.0 Å². The number of nitrogens with one attached hydrogen (secondary N) is 2. The minimum absolute atomic E-state index is 0.0681. The monoisotopic (exact) mass is 357 g/mol. The van der Waals surface area contributed by atoms with Crippen molar-refractivity contribution in [2.45, 2.75) is 0 Å². The van der Waals surface area contributed by atoms with Gasteiger partial charge in [0.15, 0.2) is 0 Å². The minimum atomic E-state index is -0.555. The lowest BCUT2D eigenvalue weighted by atomic mass is 10.3. The molecule has 0 fully saturated rings. The van der Waals surface area contributed by atoms with E-state index in [0.29, 0.717) is 10.7 Å². The first-order chi connectivity index (χ1) is 9.52. The fraction of sp³-hybridized carbons (Fsp3) is 0.0909. The summed E-state index contributed by atoms with van der Waals surface area (Å²) in [5, 5.41) is 17.0. The Bertz CT molecular complexity index is 667. The van der Waals surface area contributed by atoms with Crippen molar-refractivity contribution in [3.63, 3.8) is 0 Å².